The van der Waals surface area contributed by atoms with Crippen molar-refractivity contribution in [3.63, 3.8) is 0 Å². The van der Waals surface area contributed by atoms with Gasteiger partial charge in [0.1, 0.15) is 5.25 Å². The number of para-hydroxylation sites is 2. The van der Waals surface area contributed by atoms with Crippen LogP contribution in [0.5, 0.6) is 5.75 Å². The molecule has 1 unspecified atom stereocenters. The van der Waals surface area contributed by atoms with Crippen LogP contribution >= 0.6 is 23.4 Å². The van der Waals surface area contributed by atoms with Gasteiger partial charge in [0, 0.05) is 24.9 Å². The number of thioether (sulfide) groups is 1. The summed E-state index contributed by atoms with van der Waals surface area (Å²) >= 11 is 7.25. The number of hydrogen-bond acceptors (Lipinski definition) is 6. The van der Waals surface area contributed by atoms with E-state index in [2.05, 4.69) is 10.3 Å². The maximum Gasteiger partial charge on any atom is 0.308 e. The number of carbonyl (C=O) groups is 3. The summed E-state index contributed by atoms with van der Waals surface area (Å²) in [5, 5.41) is 3.20. The molecule has 0 radical (unpaired) electrons. The molecule has 1 fully saturated rings. The van der Waals surface area contributed by atoms with Gasteiger partial charge >= 0.3 is 5.97 Å². The Bertz CT molecular complexity index is 1010. The number of halogens is 1. The van der Waals surface area contributed by atoms with Crippen molar-refractivity contribution in [2.75, 3.05) is 11.9 Å². The Morgan fingerprint density at radius 1 is 1.23 bits per heavy atom. The molecule has 2 aromatic carbocycles. The number of nitrogens with one attached hydrogen (secondary N) is 1. The summed E-state index contributed by atoms with van der Waals surface area (Å²) in [6.45, 7) is 3.58. The molecular formula is C21H20ClN3O4S. The fourth-order valence-corrected chi connectivity index (χ4v) is 4.26. The fraction of sp³-hybridized carbons (Fsp3) is 0.238. The van der Waals surface area contributed by atoms with Gasteiger partial charge in [0.15, 0.2) is 10.9 Å². The van der Waals surface area contributed by atoms with Crippen LogP contribution in [0.2, 0.25) is 5.02 Å². The van der Waals surface area contributed by atoms with E-state index in [9.17, 15) is 14.4 Å². The molecule has 0 bridgehead atoms. The number of rotatable bonds is 6. The van der Waals surface area contributed by atoms with Crippen LogP contribution in [0, 0.1) is 0 Å². The highest BCUT2D eigenvalue weighted by Gasteiger charge is 2.38. The van der Waals surface area contributed by atoms with Crippen LogP contribution in [-0.2, 0) is 14.4 Å². The van der Waals surface area contributed by atoms with Crippen LogP contribution < -0.4 is 10.1 Å². The first-order valence-corrected chi connectivity index (χ1v) is 10.5. The van der Waals surface area contributed by atoms with Crippen LogP contribution in [0.15, 0.2) is 53.5 Å². The monoisotopic (exact) mass is 445 g/mol. The molecule has 1 aliphatic rings. The number of nitrogens with zero attached hydrogens (tertiary/aromatic N) is 2. The van der Waals surface area contributed by atoms with Gasteiger partial charge in [0.2, 0.25) is 11.8 Å². The van der Waals surface area contributed by atoms with E-state index < -0.39 is 11.2 Å². The standard InChI is InChI=1S/C21H20ClN3O4S/c1-3-25-20(28)18(30-21(25)23-15-8-6-7-14(22)11-15)12-19(27)24-16-9-4-5-10-17(16)29-13(2)26/h4-11,18H,3,12H2,1-2H3,(H,24,27). The Morgan fingerprint density at radius 2 is 2.00 bits per heavy atom. The fourth-order valence-electron chi connectivity index (χ4n) is 2.86. The molecule has 9 heteroatoms. The Balaban J connectivity index is 1.72. The Labute approximate surface area is 183 Å². The van der Waals surface area contributed by atoms with E-state index in [0.717, 1.165) is 0 Å². The lowest BCUT2D eigenvalue weighted by molar-refractivity contribution is -0.132. The van der Waals surface area contributed by atoms with Crippen molar-refractivity contribution < 1.29 is 19.1 Å². The smallest absolute Gasteiger partial charge is 0.308 e. The van der Waals surface area contributed by atoms with Gasteiger partial charge in [-0.05, 0) is 37.3 Å². The van der Waals surface area contributed by atoms with Crippen molar-refractivity contribution in [1.82, 2.24) is 4.90 Å². The minimum Gasteiger partial charge on any atom is -0.424 e. The third kappa shape index (κ3) is 5.40. The van der Waals surface area contributed by atoms with E-state index in [1.54, 1.807) is 53.4 Å². The van der Waals surface area contributed by atoms with Crippen molar-refractivity contribution in [1.29, 1.82) is 0 Å². The second-order valence-corrected chi connectivity index (χ2v) is 8.01. The van der Waals surface area contributed by atoms with E-state index >= 15 is 0 Å². The van der Waals surface area contributed by atoms with Crippen LogP contribution in [-0.4, -0.2) is 39.6 Å². The van der Waals surface area contributed by atoms with Crippen molar-refractivity contribution in [3.05, 3.63) is 53.6 Å². The molecule has 156 valence electrons. The molecule has 0 aromatic heterocycles. The Kier molecular flexibility index (Phi) is 7.12. The molecule has 0 aliphatic carbocycles. The van der Waals surface area contributed by atoms with Gasteiger partial charge in [-0.1, -0.05) is 41.6 Å². The molecule has 0 spiro atoms. The molecule has 2 amide bonds. The number of carbonyl (C=O) groups excluding carboxylic acids is 3. The zero-order valence-corrected chi connectivity index (χ0v) is 18.0. The van der Waals surface area contributed by atoms with Gasteiger partial charge < -0.3 is 10.1 Å². The van der Waals surface area contributed by atoms with Gasteiger partial charge in [-0.25, -0.2) is 4.99 Å². The third-order valence-corrected chi connectivity index (χ3v) is 5.57. The number of anilines is 1. The van der Waals surface area contributed by atoms with Crippen molar-refractivity contribution in [3.8, 4) is 5.75 Å². The van der Waals surface area contributed by atoms with Gasteiger partial charge in [-0.2, -0.15) is 0 Å². The second-order valence-electron chi connectivity index (χ2n) is 6.41. The first-order chi connectivity index (χ1) is 14.4. The van der Waals surface area contributed by atoms with Gasteiger partial charge in [0.25, 0.3) is 0 Å². The summed E-state index contributed by atoms with van der Waals surface area (Å²) < 4.78 is 5.10. The number of esters is 1. The number of ether oxygens (including phenoxy) is 1. The second kappa shape index (κ2) is 9.77. The van der Waals surface area contributed by atoms with Crippen LogP contribution in [0.1, 0.15) is 20.3 Å². The number of amidine groups is 1. The van der Waals surface area contributed by atoms with Crippen LogP contribution in [0.4, 0.5) is 11.4 Å². The predicted molar refractivity (Wildman–Crippen MR) is 118 cm³/mol. The molecule has 2 aromatic rings. The Morgan fingerprint density at radius 3 is 2.70 bits per heavy atom. The topological polar surface area (TPSA) is 88.1 Å². The average Bonchev–Trinajstić information content (AvgIpc) is 2.97. The summed E-state index contributed by atoms with van der Waals surface area (Å²) in [6, 6.07) is 13.7. The minimum atomic E-state index is -0.594. The van der Waals surface area contributed by atoms with Crippen LogP contribution in [0.3, 0.4) is 0 Å². The highest BCUT2D eigenvalue weighted by molar-refractivity contribution is 8.15. The SMILES string of the molecule is CCN1C(=O)C(CC(=O)Nc2ccccc2OC(C)=O)SC1=Nc1cccc(Cl)c1. The summed E-state index contributed by atoms with van der Waals surface area (Å²) in [5.74, 6) is -0.770. The van der Waals surface area contributed by atoms with Gasteiger partial charge in [-0.3, -0.25) is 19.3 Å². The van der Waals surface area contributed by atoms with E-state index in [0.29, 0.717) is 28.1 Å². The lowest BCUT2D eigenvalue weighted by Gasteiger charge is -2.13. The first kappa shape index (κ1) is 21.9. The highest BCUT2D eigenvalue weighted by Crippen LogP contribution is 2.32. The van der Waals surface area contributed by atoms with Crippen molar-refractivity contribution in [2.24, 2.45) is 4.99 Å². The van der Waals surface area contributed by atoms with Gasteiger partial charge in [0.05, 0.1) is 11.4 Å². The molecule has 3 rings (SSSR count). The van der Waals surface area contributed by atoms with Crippen LogP contribution in [0.25, 0.3) is 0 Å². The summed E-state index contributed by atoms with van der Waals surface area (Å²) in [4.78, 5) is 42.6. The number of benzene rings is 2. The molecule has 30 heavy (non-hydrogen) atoms. The third-order valence-electron chi connectivity index (χ3n) is 4.15. The Hall–Kier alpha value is -2.84. The lowest BCUT2D eigenvalue weighted by Crippen LogP contribution is -2.33. The average molecular weight is 446 g/mol. The van der Waals surface area contributed by atoms with Crippen molar-refractivity contribution >= 4 is 57.7 Å². The lowest BCUT2D eigenvalue weighted by atomic mass is 10.2. The van der Waals surface area contributed by atoms with Crippen molar-refractivity contribution in [2.45, 2.75) is 25.5 Å². The largest absolute Gasteiger partial charge is 0.424 e. The molecule has 1 saturated heterocycles. The molecule has 1 aliphatic heterocycles. The predicted octanol–water partition coefficient (Wildman–Crippen LogP) is 4.25. The maximum atomic E-state index is 12.8. The zero-order valence-electron chi connectivity index (χ0n) is 16.4. The number of hydrogen-bond donors (Lipinski definition) is 1. The van der Waals surface area contributed by atoms with E-state index in [1.165, 1.54) is 18.7 Å². The van der Waals surface area contributed by atoms with Gasteiger partial charge in [-0.15, -0.1) is 0 Å². The zero-order chi connectivity index (χ0) is 21.7. The quantitative estimate of drug-likeness (QED) is 0.530. The number of aliphatic imine (C=N–C) groups is 1. The molecule has 1 atom stereocenters. The minimum absolute atomic E-state index is 0.0387. The highest BCUT2D eigenvalue weighted by atomic mass is 35.5. The normalized spacial score (nSPS) is 17.3. The number of amides is 2. The molecule has 1 N–H and O–H groups in total. The molecule has 0 saturated carbocycles. The summed E-state index contributed by atoms with van der Waals surface area (Å²) in [5.41, 5.74) is 1.00. The first-order valence-electron chi connectivity index (χ1n) is 9.27. The molecule has 1 heterocycles. The van der Waals surface area contributed by atoms with E-state index in [1.807, 2.05) is 6.92 Å². The van der Waals surface area contributed by atoms with E-state index in [4.69, 9.17) is 16.3 Å². The molecular weight excluding hydrogens is 426 g/mol. The maximum absolute atomic E-state index is 12.8. The summed E-state index contributed by atoms with van der Waals surface area (Å²) in [7, 11) is 0. The molecule has 7 nitrogen and oxygen atoms in total. The van der Waals surface area contributed by atoms with E-state index in [-0.39, 0.29) is 24.0 Å². The summed E-state index contributed by atoms with van der Waals surface area (Å²) in [6.07, 6.45) is -0.0387.